The van der Waals surface area contributed by atoms with Gasteiger partial charge in [-0.15, -0.1) is 0 Å². The minimum Gasteiger partial charge on any atom is -0.324 e. The smallest absolute Gasteiger partial charge is 0.271 e. The van der Waals surface area contributed by atoms with Gasteiger partial charge in [0.05, 0.1) is 32.3 Å². The molecule has 0 saturated carbocycles. The highest BCUT2D eigenvalue weighted by molar-refractivity contribution is 7.99. The molecule has 1 aromatic heterocycles. The quantitative estimate of drug-likeness (QED) is 0.303. The molecule has 0 aliphatic carbocycles. The monoisotopic (exact) mass is 404 g/mol. The summed E-state index contributed by atoms with van der Waals surface area (Å²) in [7, 11) is 1.58. The molecule has 0 unspecified atom stereocenters. The predicted octanol–water partition coefficient (Wildman–Crippen LogP) is 3.23. The Kier molecular flexibility index (Phi) is 5.43. The van der Waals surface area contributed by atoms with Crippen LogP contribution in [-0.2, 0) is 11.8 Å². The third-order valence-corrected chi connectivity index (χ3v) is 5.07. The fourth-order valence-corrected chi connectivity index (χ4v) is 3.30. The Balaban J connectivity index is 1.76. The SMILES string of the molecule is Cn1c(SCC(=O)Nc2cc([N+](=O)[O-])ccc2Cl)nc2ccccc2c1=O. The summed E-state index contributed by atoms with van der Waals surface area (Å²) in [6, 6.07) is 10.7. The van der Waals surface area contributed by atoms with Gasteiger partial charge in [-0.05, 0) is 18.2 Å². The summed E-state index contributed by atoms with van der Waals surface area (Å²) in [4.78, 5) is 39.2. The number of non-ortho nitro benzene ring substituents is 1. The third-order valence-electron chi connectivity index (χ3n) is 3.71. The van der Waals surface area contributed by atoms with E-state index in [1.807, 2.05) is 0 Å². The number of amides is 1. The maximum absolute atomic E-state index is 12.4. The van der Waals surface area contributed by atoms with Crippen molar-refractivity contribution in [3.8, 4) is 0 Å². The lowest BCUT2D eigenvalue weighted by Gasteiger charge is -2.09. The zero-order chi connectivity index (χ0) is 19.6. The zero-order valence-corrected chi connectivity index (χ0v) is 15.6. The molecule has 0 saturated heterocycles. The van der Waals surface area contributed by atoms with Crippen LogP contribution in [0.3, 0.4) is 0 Å². The number of fused-ring (bicyclic) bond motifs is 1. The molecular formula is C17H13ClN4O4S. The first-order chi connectivity index (χ1) is 12.9. The number of carbonyl (C=O) groups is 1. The van der Waals surface area contributed by atoms with Crippen LogP contribution in [0.1, 0.15) is 0 Å². The van der Waals surface area contributed by atoms with Crippen molar-refractivity contribution >= 4 is 51.5 Å². The van der Waals surface area contributed by atoms with Gasteiger partial charge in [0, 0.05) is 19.2 Å². The molecule has 0 spiro atoms. The molecule has 0 aliphatic rings. The summed E-state index contributed by atoms with van der Waals surface area (Å²) >= 11 is 7.05. The van der Waals surface area contributed by atoms with Gasteiger partial charge in [0.25, 0.3) is 11.2 Å². The van der Waals surface area contributed by atoms with E-state index >= 15 is 0 Å². The van der Waals surface area contributed by atoms with Crippen molar-refractivity contribution in [3.05, 3.63) is 68.0 Å². The number of nitrogens with one attached hydrogen (secondary N) is 1. The van der Waals surface area contributed by atoms with Crippen LogP contribution in [0.2, 0.25) is 5.02 Å². The predicted molar refractivity (Wildman–Crippen MR) is 104 cm³/mol. The van der Waals surface area contributed by atoms with Gasteiger partial charge in [0.1, 0.15) is 0 Å². The standard InChI is InChI=1S/C17H13ClN4O4S/c1-21-16(24)11-4-2-3-5-13(11)20-17(21)27-9-15(23)19-14-8-10(22(25)26)6-7-12(14)18/h2-8H,9H2,1H3,(H,19,23). The Hall–Kier alpha value is -2.91. The van der Waals surface area contributed by atoms with Crippen LogP contribution in [0.15, 0.2) is 52.4 Å². The first-order valence-electron chi connectivity index (χ1n) is 7.69. The van der Waals surface area contributed by atoms with Crippen LogP contribution in [-0.4, -0.2) is 26.1 Å². The number of nitro groups is 1. The summed E-state index contributed by atoms with van der Waals surface area (Å²) in [5.41, 5.74) is 0.313. The average molecular weight is 405 g/mol. The number of carbonyl (C=O) groups excluding carboxylic acids is 1. The Bertz CT molecular complexity index is 1120. The minimum atomic E-state index is -0.574. The van der Waals surface area contributed by atoms with Crippen molar-refractivity contribution in [2.75, 3.05) is 11.1 Å². The lowest BCUT2D eigenvalue weighted by molar-refractivity contribution is -0.384. The lowest BCUT2D eigenvalue weighted by atomic mass is 10.2. The lowest BCUT2D eigenvalue weighted by Crippen LogP contribution is -2.21. The van der Waals surface area contributed by atoms with Crippen molar-refractivity contribution in [1.29, 1.82) is 0 Å². The van der Waals surface area contributed by atoms with Crippen LogP contribution in [0.5, 0.6) is 0 Å². The number of hydrogen-bond donors (Lipinski definition) is 1. The maximum atomic E-state index is 12.4. The molecule has 0 radical (unpaired) electrons. The summed E-state index contributed by atoms with van der Waals surface area (Å²) in [5, 5.41) is 14.5. The molecule has 3 aromatic rings. The van der Waals surface area contributed by atoms with Gasteiger partial charge in [0.2, 0.25) is 5.91 Å². The second-order valence-corrected chi connectivity index (χ2v) is 6.88. The number of nitrogens with zero attached hydrogens (tertiary/aromatic N) is 3. The van der Waals surface area contributed by atoms with E-state index in [9.17, 15) is 19.7 Å². The number of benzene rings is 2. The Morgan fingerprint density at radius 1 is 1.33 bits per heavy atom. The average Bonchev–Trinajstić information content (AvgIpc) is 2.65. The van der Waals surface area contributed by atoms with E-state index in [0.717, 1.165) is 11.8 Å². The summed E-state index contributed by atoms with van der Waals surface area (Å²) in [6.45, 7) is 0. The molecule has 1 heterocycles. The highest BCUT2D eigenvalue weighted by Crippen LogP contribution is 2.27. The van der Waals surface area contributed by atoms with Crippen LogP contribution in [0.4, 0.5) is 11.4 Å². The van der Waals surface area contributed by atoms with Gasteiger partial charge < -0.3 is 5.32 Å². The largest absolute Gasteiger partial charge is 0.324 e. The molecule has 2 aromatic carbocycles. The Labute approximate surface area is 162 Å². The van der Waals surface area contributed by atoms with Crippen LogP contribution in [0.25, 0.3) is 10.9 Å². The van der Waals surface area contributed by atoms with Gasteiger partial charge >= 0.3 is 0 Å². The Morgan fingerprint density at radius 3 is 2.81 bits per heavy atom. The van der Waals surface area contributed by atoms with Crippen LogP contribution < -0.4 is 10.9 Å². The zero-order valence-electron chi connectivity index (χ0n) is 14.0. The van der Waals surface area contributed by atoms with Gasteiger partial charge in [-0.1, -0.05) is 35.5 Å². The molecule has 10 heteroatoms. The van der Waals surface area contributed by atoms with Gasteiger partial charge in [0.15, 0.2) is 5.16 Å². The second-order valence-electron chi connectivity index (χ2n) is 5.53. The van der Waals surface area contributed by atoms with E-state index in [4.69, 9.17) is 11.6 Å². The number of para-hydroxylation sites is 1. The highest BCUT2D eigenvalue weighted by atomic mass is 35.5. The molecule has 0 atom stereocenters. The molecule has 0 bridgehead atoms. The van der Waals surface area contributed by atoms with E-state index < -0.39 is 10.8 Å². The van der Waals surface area contributed by atoms with Crippen LogP contribution >= 0.6 is 23.4 Å². The summed E-state index contributed by atoms with van der Waals surface area (Å²) in [6.07, 6.45) is 0. The van der Waals surface area contributed by atoms with Gasteiger partial charge in [-0.2, -0.15) is 0 Å². The first kappa shape index (κ1) is 18.9. The highest BCUT2D eigenvalue weighted by Gasteiger charge is 2.14. The molecule has 27 heavy (non-hydrogen) atoms. The first-order valence-corrected chi connectivity index (χ1v) is 9.05. The number of aromatic nitrogens is 2. The number of anilines is 1. The number of nitro benzene ring substituents is 1. The van der Waals surface area contributed by atoms with Gasteiger partial charge in [-0.25, -0.2) is 4.98 Å². The second kappa shape index (κ2) is 7.77. The topological polar surface area (TPSA) is 107 Å². The van der Waals surface area contributed by atoms with Gasteiger partial charge in [-0.3, -0.25) is 24.3 Å². The summed E-state index contributed by atoms with van der Waals surface area (Å²) < 4.78 is 1.38. The molecule has 8 nitrogen and oxygen atoms in total. The molecule has 0 aliphatic heterocycles. The van der Waals surface area contributed by atoms with Crippen molar-refractivity contribution < 1.29 is 9.72 Å². The summed E-state index contributed by atoms with van der Waals surface area (Å²) in [5.74, 6) is -0.470. The van der Waals surface area contributed by atoms with Crippen molar-refractivity contribution in [1.82, 2.24) is 9.55 Å². The molecule has 1 amide bonds. The van der Waals surface area contributed by atoms with E-state index in [-0.39, 0.29) is 27.7 Å². The number of hydrogen-bond acceptors (Lipinski definition) is 6. The van der Waals surface area contributed by atoms with Crippen molar-refractivity contribution in [2.45, 2.75) is 5.16 Å². The molecule has 1 N–H and O–H groups in total. The number of rotatable bonds is 5. The van der Waals surface area contributed by atoms with E-state index in [2.05, 4.69) is 10.3 Å². The minimum absolute atomic E-state index is 0.0440. The molecular weight excluding hydrogens is 392 g/mol. The third kappa shape index (κ3) is 4.09. The maximum Gasteiger partial charge on any atom is 0.271 e. The Morgan fingerprint density at radius 2 is 2.07 bits per heavy atom. The fraction of sp³-hybridized carbons (Fsp3) is 0.118. The van der Waals surface area contributed by atoms with Crippen LogP contribution in [0, 0.1) is 10.1 Å². The normalized spacial score (nSPS) is 10.7. The van der Waals surface area contributed by atoms with Crippen molar-refractivity contribution in [2.24, 2.45) is 7.05 Å². The van der Waals surface area contributed by atoms with Crippen molar-refractivity contribution in [3.63, 3.8) is 0 Å². The molecule has 3 rings (SSSR count). The number of thioether (sulfide) groups is 1. The van der Waals surface area contributed by atoms with E-state index in [1.165, 1.54) is 22.8 Å². The number of halogens is 1. The molecule has 138 valence electrons. The van der Waals surface area contributed by atoms with E-state index in [0.29, 0.717) is 16.1 Å². The van der Waals surface area contributed by atoms with E-state index in [1.54, 1.807) is 31.3 Å². The molecule has 0 fully saturated rings. The fourth-order valence-electron chi connectivity index (χ4n) is 2.37.